The van der Waals surface area contributed by atoms with Crippen LogP contribution in [0, 0.1) is 12.7 Å². The molecule has 0 aliphatic heterocycles. The lowest BCUT2D eigenvalue weighted by molar-refractivity contribution is 0.612. The fourth-order valence-corrected chi connectivity index (χ4v) is 1.28. The third-order valence-electron chi connectivity index (χ3n) is 2.04. The molecular formula is C12H20FN. The molecule has 0 spiro atoms. The van der Waals surface area contributed by atoms with Gasteiger partial charge >= 0.3 is 0 Å². The normalized spacial score (nSPS) is 9.00. The first-order valence-corrected chi connectivity index (χ1v) is 5.15. The Balaban J connectivity index is 0.000000791. The molecule has 1 N–H and O–H groups in total. The van der Waals surface area contributed by atoms with Crippen molar-refractivity contribution in [1.29, 1.82) is 0 Å². The maximum Gasteiger partial charge on any atom is 0.128 e. The van der Waals surface area contributed by atoms with Crippen LogP contribution in [0.1, 0.15) is 31.9 Å². The van der Waals surface area contributed by atoms with Gasteiger partial charge in [-0.1, -0.05) is 26.8 Å². The number of hydrogen-bond acceptors (Lipinski definition) is 1. The van der Waals surface area contributed by atoms with Crippen molar-refractivity contribution >= 4 is 5.69 Å². The topological polar surface area (TPSA) is 12.0 Å². The molecule has 1 rings (SSSR count). The van der Waals surface area contributed by atoms with Gasteiger partial charge in [0.15, 0.2) is 0 Å². The van der Waals surface area contributed by atoms with Gasteiger partial charge in [-0.05, 0) is 30.5 Å². The van der Waals surface area contributed by atoms with E-state index in [1.54, 1.807) is 13.1 Å². The molecular weight excluding hydrogens is 177 g/mol. The quantitative estimate of drug-likeness (QED) is 0.761. The Hall–Kier alpha value is -1.05. The summed E-state index contributed by atoms with van der Waals surface area (Å²) in [4.78, 5) is 0. The van der Waals surface area contributed by atoms with E-state index in [9.17, 15) is 4.39 Å². The maximum absolute atomic E-state index is 13.2. The summed E-state index contributed by atoms with van der Waals surface area (Å²) in [6, 6.07) is 3.44. The number of halogens is 1. The standard InChI is InChI=1S/C10H14FN.C2H6/c1-4-8-5-7(2)10(12-3)6-9(8)11;1-2/h5-6,12H,4H2,1-3H3;1-2H3. The second-order valence-electron chi connectivity index (χ2n) is 2.86. The van der Waals surface area contributed by atoms with E-state index in [0.29, 0.717) is 0 Å². The predicted octanol–water partition coefficient (Wildman–Crippen LogP) is 3.76. The molecule has 0 bridgehead atoms. The van der Waals surface area contributed by atoms with Gasteiger partial charge in [0.25, 0.3) is 0 Å². The SMILES string of the molecule is CC.CCc1cc(C)c(NC)cc1F. The largest absolute Gasteiger partial charge is 0.388 e. The number of nitrogens with one attached hydrogen (secondary N) is 1. The van der Waals surface area contributed by atoms with Crippen LogP contribution in [0.3, 0.4) is 0 Å². The van der Waals surface area contributed by atoms with Gasteiger partial charge in [0.2, 0.25) is 0 Å². The van der Waals surface area contributed by atoms with E-state index in [2.05, 4.69) is 5.32 Å². The molecule has 0 saturated heterocycles. The molecule has 2 heteroatoms. The summed E-state index contributed by atoms with van der Waals surface area (Å²) in [5, 5.41) is 2.95. The van der Waals surface area contributed by atoms with E-state index in [0.717, 1.165) is 23.2 Å². The van der Waals surface area contributed by atoms with E-state index in [4.69, 9.17) is 0 Å². The summed E-state index contributed by atoms with van der Waals surface area (Å²) < 4.78 is 13.2. The number of aryl methyl sites for hydroxylation is 2. The van der Waals surface area contributed by atoms with Crippen molar-refractivity contribution in [1.82, 2.24) is 0 Å². The Morgan fingerprint density at radius 3 is 2.29 bits per heavy atom. The van der Waals surface area contributed by atoms with Crippen LogP contribution in [0.5, 0.6) is 0 Å². The first kappa shape index (κ1) is 12.9. The molecule has 80 valence electrons. The number of hydrogen-bond donors (Lipinski definition) is 1. The van der Waals surface area contributed by atoms with Crippen molar-refractivity contribution in [3.63, 3.8) is 0 Å². The van der Waals surface area contributed by atoms with Crippen LogP contribution in [0.4, 0.5) is 10.1 Å². The summed E-state index contributed by atoms with van der Waals surface area (Å²) >= 11 is 0. The summed E-state index contributed by atoms with van der Waals surface area (Å²) in [5.41, 5.74) is 2.74. The summed E-state index contributed by atoms with van der Waals surface area (Å²) in [5.74, 6) is -0.118. The van der Waals surface area contributed by atoms with E-state index < -0.39 is 0 Å². The highest BCUT2D eigenvalue weighted by atomic mass is 19.1. The molecule has 0 unspecified atom stereocenters. The summed E-state index contributed by atoms with van der Waals surface area (Å²) in [6.07, 6.45) is 0.747. The van der Waals surface area contributed by atoms with Gasteiger partial charge in [-0.15, -0.1) is 0 Å². The van der Waals surface area contributed by atoms with Crippen LogP contribution in [0.25, 0.3) is 0 Å². The molecule has 0 aromatic heterocycles. The minimum atomic E-state index is -0.118. The highest BCUT2D eigenvalue weighted by molar-refractivity contribution is 5.52. The third-order valence-corrected chi connectivity index (χ3v) is 2.04. The zero-order chi connectivity index (χ0) is 11.1. The summed E-state index contributed by atoms with van der Waals surface area (Å²) in [6.45, 7) is 7.93. The van der Waals surface area contributed by atoms with Crippen LogP contribution in [0.2, 0.25) is 0 Å². The van der Waals surface area contributed by atoms with Crippen molar-refractivity contribution in [3.05, 3.63) is 29.1 Å². The van der Waals surface area contributed by atoms with Gasteiger partial charge < -0.3 is 5.32 Å². The lowest BCUT2D eigenvalue weighted by Gasteiger charge is -2.07. The van der Waals surface area contributed by atoms with Crippen molar-refractivity contribution < 1.29 is 4.39 Å². The van der Waals surface area contributed by atoms with Crippen LogP contribution in [-0.4, -0.2) is 7.05 Å². The Labute approximate surface area is 86.3 Å². The molecule has 0 aliphatic rings. The van der Waals surface area contributed by atoms with Gasteiger partial charge in [-0.2, -0.15) is 0 Å². The Kier molecular flexibility index (Phi) is 5.93. The molecule has 1 aromatic carbocycles. The summed E-state index contributed by atoms with van der Waals surface area (Å²) in [7, 11) is 1.80. The van der Waals surface area contributed by atoms with Crippen LogP contribution < -0.4 is 5.32 Å². The van der Waals surface area contributed by atoms with Gasteiger partial charge in [0, 0.05) is 12.7 Å². The minimum Gasteiger partial charge on any atom is -0.388 e. The molecule has 0 aliphatic carbocycles. The van der Waals surface area contributed by atoms with E-state index in [1.165, 1.54) is 0 Å². The second-order valence-corrected chi connectivity index (χ2v) is 2.86. The van der Waals surface area contributed by atoms with E-state index >= 15 is 0 Å². The highest BCUT2D eigenvalue weighted by Crippen LogP contribution is 2.19. The molecule has 0 saturated carbocycles. The smallest absolute Gasteiger partial charge is 0.128 e. The molecule has 0 heterocycles. The molecule has 0 radical (unpaired) electrons. The Morgan fingerprint density at radius 1 is 1.29 bits per heavy atom. The van der Waals surface area contributed by atoms with Gasteiger partial charge in [0.05, 0.1) is 0 Å². The minimum absolute atomic E-state index is 0.118. The number of anilines is 1. The lowest BCUT2D eigenvalue weighted by Crippen LogP contribution is -1.96. The first-order chi connectivity index (χ1) is 6.69. The average Bonchev–Trinajstić information content (AvgIpc) is 2.23. The highest BCUT2D eigenvalue weighted by Gasteiger charge is 2.03. The van der Waals surface area contributed by atoms with Crippen LogP contribution >= 0.6 is 0 Å². The predicted molar refractivity (Wildman–Crippen MR) is 61.4 cm³/mol. The molecule has 0 amide bonds. The molecule has 14 heavy (non-hydrogen) atoms. The zero-order valence-corrected chi connectivity index (χ0v) is 9.74. The monoisotopic (exact) mass is 197 g/mol. The number of benzene rings is 1. The first-order valence-electron chi connectivity index (χ1n) is 5.15. The van der Waals surface area contributed by atoms with Crippen LogP contribution in [0.15, 0.2) is 12.1 Å². The van der Waals surface area contributed by atoms with E-state index in [-0.39, 0.29) is 5.82 Å². The Bertz CT molecular complexity index is 252. The molecule has 1 aromatic rings. The number of rotatable bonds is 2. The fourth-order valence-electron chi connectivity index (χ4n) is 1.28. The third kappa shape index (κ3) is 3.02. The van der Waals surface area contributed by atoms with Gasteiger partial charge in [-0.3, -0.25) is 0 Å². The van der Waals surface area contributed by atoms with Gasteiger partial charge in [-0.25, -0.2) is 4.39 Å². The van der Waals surface area contributed by atoms with Crippen molar-refractivity contribution in [2.75, 3.05) is 12.4 Å². The maximum atomic E-state index is 13.2. The van der Waals surface area contributed by atoms with E-state index in [1.807, 2.05) is 33.8 Å². The molecule has 1 nitrogen and oxygen atoms in total. The average molecular weight is 197 g/mol. The molecule has 0 fully saturated rings. The second kappa shape index (κ2) is 6.41. The Morgan fingerprint density at radius 2 is 1.86 bits per heavy atom. The lowest BCUT2D eigenvalue weighted by atomic mass is 10.1. The van der Waals surface area contributed by atoms with Crippen molar-refractivity contribution in [2.45, 2.75) is 34.1 Å². The van der Waals surface area contributed by atoms with Crippen molar-refractivity contribution in [2.24, 2.45) is 0 Å². The fraction of sp³-hybridized carbons (Fsp3) is 0.500. The molecule has 0 atom stereocenters. The van der Waals surface area contributed by atoms with Crippen LogP contribution in [-0.2, 0) is 6.42 Å². The zero-order valence-electron chi connectivity index (χ0n) is 9.74. The van der Waals surface area contributed by atoms with Crippen molar-refractivity contribution in [3.8, 4) is 0 Å². The van der Waals surface area contributed by atoms with Gasteiger partial charge in [0.1, 0.15) is 5.82 Å².